The smallest absolute Gasteiger partial charge is 0.507 e. The molecule has 0 aliphatic carbocycles. The van der Waals surface area contributed by atoms with E-state index in [0.717, 1.165) is 18.7 Å². The van der Waals surface area contributed by atoms with Crippen molar-refractivity contribution in [1.29, 1.82) is 0 Å². The van der Waals surface area contributed by atoms with Gasteiger partial charge in [0.05, 0.1) is 5.69 Å². The number of hydrogen-bond donors (Lipinski definition) is 2. The minimum absolute atomic E-state index is 0.0163. The van der Waals surface area contributed by atoms with E-state index in [0.29, 0.717) is 22.0 Å². The summed E-state index contributed by atoms with van der Waals surface area (Å²) >= 11 is -3.48. The molecule has 4 rings (SSSR count). The van der Waals surface area contributed by atoms with Gasteiger partial charge in [0.2, 0.25) is 0 Å². The Bertz CT molecular complexity index is 1280. The molecule has 7 nitrogen and oxygen atoms in total. The van der Waals surface area contributed by atoms with Gasteiger partial charge in [-0.25, -0.2) is 4.21 Å². The summed E-state index contributed by atoms with van der Waals surface area (Å²) in [7, 11) is 2.00. The number of hydrogen-bond acceptors (Lipinski definition) is 7. The van der Waals surface area contributed by atoms with Crippen molar-refractivity contribution in [3.8, 4) is 22.8 Å². The van der Waals surface area contributed by atoms with E-state index in [2.05, 4.69) is 52.3 Å². The fraction of sp³-hybridized carbons (Fsp3) is 0.440. The molecule has 1 unspecified atom stereocenters. The Hall–Kier alpha value is -2.92. The number of phenols is 1. The van der Waals surface area contributed by atoms with Crippen LogP contribution >= 0.6 is 0 Å². The number of alkyl halides is 3. The second kappa shape index (κ2) is 9.19. The zero-order chi connectivity index (χ0) is 26.5. The monoisotopic (exact) mass is 522 g/mol. The molecule has 0 radical (unpaired) electrons. The van der Waals surface area contributed by atoms with Crippen LogP contribution in [0.1, 0.15) is 40.5 Å². The van der Waals surface area contributed by atoms with Crippen LogP contribution in [0.15, 0.2) is 42.5 Å². The van der Waals surface area contributed by atoms with Crippen molar-refractivity contribution in [1.82, 2.24) is 15.5 Å². The fourth-order valence-corrected chi connectivity index (χ4v) is 5.41. The second-order valence-corrected chi connectivity index (χ2v) is 11.6. The third kappa shape index (κ3) is 5.73. The number of nitrogens with one attached hydrogen (secondary N) is 1. The fourth-order valence-electron chi connectivity index (χ4n) is 5.04. The van der Waals surface area contributed by atoms with Gasteiger partial charge in [0, 0.05) is 29.7 Å². The molecule has 0 bridgehead atoms. The Morgan fingerprint density at radius 1 is 1.03 bits per heavy atom. The van der Waals surface area contributed by atoms with Crippen molar-refractivity contribution in [2.75, 3.05) is 11.9 Å². The van der Waals surface area contributed by atoms with Crippen LogP contribution in [-0.4, -0.2) is 49.2 Å². The molecule has 1 fully saturated rings. The predicted octanol–water partition coefficient (Wildman–Crippen LogP) is 5.31. The summed E-state index contributed by atoms with van der Waals surface area (Å²) in [5.74, 6) is 0.382. The number of rotatable bonds is 5. The lowest BCUT2D eigenvalue weighted by atomic mass is 9.79. The van der Waals surface area contributed by atoms with Crippen LogP contribution in [0, 0.1) is 0 Å². The van der Waals surface area contributed by atoms with Crippen LogP contribution in [-0.2, 0) is 11.1 Å². The summed E-state index contributed by atoms with van der Waals surface area (Å²) in [6.07, 6.45) is 1.90. The van der Waals surface area contributed by atoms with Crippen molar-refractivity contribution < 1.29 is 26.7 Å². The summed E-state index contributed by atoms with van der Waals surface area (Å²) < 4.78 is 53.3. The summed E-state index contributed by atoms with van der Waals surface area (Å²) in [6.45, 7) is 8.77. The van der Waals surface area contributed by atoms with Crippen molar-refractivity contribution in [3.63, 3.8) is 0 Å². The zero-order valence-electron chi connectivity index (χ0n) is 20.7. The molecule has 0 amide bonds. The van der Waals surface area contributed by atoms with Gasteiger partial charge in [0.25, 0.3) is 0 Å². The normalized spacial score (nSPS) is 18.7. The lowest BCUT2D eigenvalue weighted by Crippen LogP contribution is -2.62. The van der Waals surface area contributed by atoms with Gasteiger partial charge in [-0.15, -0.1) is 10.2 Å². The maximum atomic E-state index is 12.5. The van der Waals surface area contributed by atoms with Gasteiger partial charge >= 0.3 is 16.6 Å². The molecule has 1 aliphatic rings. The Balaban J connectivity index is 1.56. The Kier molecular flexibility index (Phi) is 6.67. The molecule has 3 aromatic rings. The lowest BCUT2D eigenvalue weighted by molar-refractivity contribution is -0.0437. The van der Waals surface area contributed by atoms with Gasteiger partial charge in [0.1, 0.15) is 11.5 Å². The first-order valence-corrected chi connectivity index (χ1v) is 12.5. The van der Waals surface area contributed by atoms with Gasteiger partial charge in [-0.3, -0.25) is 0 Å². The highest BCUT2D eigenvalue weighted by Gasteiger charge is 2.40. The molecule has 36 heavy (non-hydrogen) atoms. The van der Waals surface area contributed by atoms with E-state index < -0.39 is 16.6 Å². The molecule has 1 aliphatic heterocycles. The van der Waals surface area contributed by atoms with Crippen LogP contribution in [0.25, 0.3) is 22.0 Å². The van der Waals surface area contributed by atoms with Crippen molar-refractivity contribution in [3.05, 3.63) is 42.5 Å². The number of phenolic OH excluding ortho intramolecular Hbond substituents is 1. The largest absolute Gasteiger partial charge is 0.508 e. The third-order valence-electron chi connectivity index (χ3n) is 6.29. The van der Waals surface area contributed by atoms with Gasteiger partial charge in [-0.1, -0.05) is 6.07 Å². The van der Waals surface area contributed by atoms with Gasteiger partial charge < -0.3 is 19.5 Å². The molecule has 1 saturated heterocycles. The minimum Gasteiger partial charge on any atom is -0.507 e. The van der Waals surface area contributed by atoms with Crippen LogP contribution < -0.4 is 14.4 Å². The molecule has 0 spiro atoms. The molecule has 11 heteroatoms. The maximum absolute atomic E-state index is 12.5. The zero-order valence-corrected chi connectivity index (χ0v) is 21.5. The summed E-state index contributed by atoms with van der Waals surface area (Å²) in [5.41, 5.74) is -4.13. The molecule has 1 atom stereocenters. The Labute approximate surface area is 210 Å². The van der Waals surface area contributed by atoms with Gasteiger partial charge in [-0.05, 0) is 87.7 Å². The van der Waals surface area contributed by atoms with Gasteiger partial charge in [-0.2, -0.15) is 13.2 Å². The average Bonchev–Trinajstić information content (AvgIpc) is 2.75. The number of aromatic hydroxyl groups is 1. The highest BCUT2D eigenvalue weighted by atomic mass is 32.2. The van der Waals surface area contributed by atoms with E-state index in [4.69, 9.17) is 0 Å². The SMILES string of the molecule is CN(c1ccc(-c2cc3ccc(OS(=O)C(F)(F)F)cc3cc2O)nn1)C1CC(C)(C)NC(C)(C)C1. The number of aromatic nitrogens is 2. The van der Waals surface area contributed by atoms with E-state index in [-0.39, 0.29) is 28.6 Å². The minimum atomic E-state index is -4.99. The van der Waals surface area contributed by atoms with Crippen LogP contribution in [0.4, 0.5) is 19.0 Å². The van der Waals surface area contributed by atoms with Crippen molar-refractivity contribution in [2.24, 2.45) is 0 Å². The molecule has 194 valence electrons. The summed E-state index contributed by atoms with van der Waals surface area (Å²) in [6, 6.07) is 11.1. The van der Waals surface area contributed by atoms with Crippen LogP contribution in [0.2, 0.25) is 0 Å². The molecule has 0 saturated carbocycles. The Morgan fingerprint density at radius 3 is 2.28 bits per heavy atom. The summed E-state index contributed by atoms with van der Waals surface area (Å²) in [5, 5.41) is 24.1. The van der Waals surface area contributed by atoms with E-state index in [9.17, 15) is 22.5 Å². The first kappa shape index (κ1) is 26.2. The maximum Gasteiger partial charge on any atom is 0.508 e. The van der Waals surface area contributed by atoms with Crippen molar-refractivity contribution in [2.45, 2.75) is 63.2 Å². The lowest BCUT2D eigenvalue weighted by Gasteiger charge is -2.49. The number of nitrogens with zero attached hydrogens (tertiary/aromatic N) is 3. The second-order valence-electron chi connectivity index (χ2n) is 10.5. The first-order chi connectivity index (χ1) is 16.6. The topological polar surface area (TPSA) is 87.6 Å². The number of halogens is 3. The molecule has 2 heterocycles. The first-order valence-electron chi connectivity index (χ1n) is 11.4. The molecule has 2 aromatic carbocycles. The number of anilines is 1. The third-order valence-corrected chi connectivity index (χ3v) is 7.01. The van der Waals surface area contributed by atoms with E-state index in [1.807, 2.05) is 13.1 Å². The number of fused-ring (bicyclic) bond motifs is 1. The predicted molar refractivity (Wildman–Crippen MR) is 134 cm³/mol. The van der Waals surface area contributed by atoms with Crippen LogP contribution in [0.3, 0.4) is 0 Å². The molecule has 1 aromatic heterocycles. The van der Waals surface area contributed by atoms with Gasteiger partial charge in [0.15, 0.2) is 5.82 Å². The van der Waals surface area contributed by atoms with E-state index >= 15 is 0 Å². The summed E-state index contributed by atoms with van der Waals surface area (Å²) in [4.78, 5) is 2.13. The molecule has 2 N–H and O–H groups in total. The highest BCUT2D eigenvalue weighted by molar-refractivity contribution is 7.81. The Morgan fingerprint density at radius 2 is 1.69 bits per heavy atom. The molecular weight excluding hydrogens is 493 g/mol. The number of benzene rings is 2. The highest BCUT2D eigenvalue weighted by Crippen LogP contribution is 2.36. The van der Waals surface area contributed by atoms with Crippen LogP contribution in [0.5, 0.6) is 11.5 Å². The quantitative estimate of drug-likeness (QED) is 0.470. The van der Waals surface area contributed by atoms with Crippen molar-refractivity contribution >= 4 is 27.7 Å². The average molecular weight is 523 g/mol. The van der Waals surface area contributed by atoms with E-state index in [1.165, 1.54) is 24.3 Å². The number of piperidine rings is 1. The standard InChI is InChI=1S/C25H29F3N4O3S/c1-23(2)13-17(14-24(3,4)31-23)32(5)22-9-8-20(29-30-22)19-11-15-6-7-18(10-16(15)12-21(19)33)35-36(34)25(26,27)28/h6-12,17,31,33H,13-14H2,1-5H3. The van der Waals surface area contributed by atoms with E-state index in [1.54, 1.807) is 12.1 Å². The molecular formula is C25H29F3N4O3S.